The molecule has 100 valence electrons. The van der Waals surface area contributed by atoms with E-state index < -0.39 is 8.07 Å². The van der Waals surface area contributed by atoms with Crippen LogP contribution in [0.15, 0.2) is 60.7 Å². The Labute approximate surface area is 117 Å². The normalized spacial score (nSPS) is 13.0. The van der Waals surface area contributed by atoms with Gasteiger partial charge >= 0.3 is 0 Å². The molecule has 2 aromatic rings. The van der Waals surface area contributed by atoms with E-state index in [1.165, 1.54) is 10.9 Å². The molecule has 0 fully saturated rings. The molecule has 0 saturated carbocycles. The van der Waals surface area contributed by atoms with E-state index in [9.17, 15) is 0 Å². The number of para-hydroxylation sites is 1. The summed E-state index contributed by atoms with van der Waals surface area (Å²) in [6, 6.07) is 21.4. The van der Waals surface area contributed by atoms with Crippen molar-refractivity contribution in [1.29, 1.82) is 0 Å². The van der Waals surface area contributed by atoms with Gasteiger partial charge in [0.05, 0.1) is 8.07 Å². The average molecular weight is 269 g/mol. The molecule has 0 aromatic heterocycles. The molecule has 2 rings (SSSR count). The van der Waals surface area contributed by atoms with Gasteiger partial charge in [-0.2, -0.15) is 0 Å². The van der Waals surface area contributed by atoms with Gasteiger partial charge in [-0.1, -0.05) is 73.7 Å². The average Bonchev–Trinajstić information content (AvgIpc) is 2.46. The van der Waals surface area contributed by atoms with Crippen LogP contribution in [0.25, 0.3) is 0 Å². The first-order valence-corrected chi connectivity index (χ1v) is 10.0. The van der Waals surface area contributed by atoms with Crippen molar-refractivity contribution in [1.82, 2.24) is 0 Å². The summed E-state index contributed by atoms with van der Waals surface area (Å²) in [6.07, 6.45) is 0. The summed E-state index contributed by atoms with van der Waals surface area (Å²) >= 11 is 0. The molecule has 0 aliphatic carbocycles. The lowest BCUT2D eigenvalue weighted by molar-refractivity contribution is 0.933. The lowest BCUT2D eigenvalue weighted by Gasteiger charge is -2.30. The van der Waals surface area contributed by atoms with E-state index in [-0.39, 0.29) is 0 Å². The molecule has 0 aliphatic heterocycles. The van der Waals surface area contributed by atoms with Crippen LogP contribution in [0.2, 0.25) is 18.6 Å². The molecule has 2 aromatic carbocycles. The molecular formula is C17H23NSi. The van der Waals surface area contributed by atoms with Crippen molar-refractivity contribution in [3.8, 4) is 0 Å². The minimum Gasteiger partial charge on any atom is -0.385 e. The first-order valence-electron chi connectivity index (χ1n) is 6.95. The molecule has 1 N–H and O–H groups in total. The highest BCUT2D eigenvalue weighted by atomic mass is 28.3. The van der Waals surface area contributed by atoms with Crippen molar-refractivity contribution in [3.05, 3.63) is 60.7 Å². The first-order chi connectivity index (χ1) is 9.10. The minimum atomic E-state index is -1.40. The smallest absolute Gasteiger partial charge is 0.0851 e. The molecular weight excluding hydrogens is 246 g/mol. The summed E-state index contributed by atoms with van der Waals surface area (Å²) in [5.41, 5.74) is 1.90. The van der Waals surface area contributed by atoms with E-state index in [0.29, 0.717) is 5.54 Å². The van der Waals surface area contributed by atoms with Gasteiger partial charge in [-0.15, -0.1) is 0 Å². The van der Waals surface area contributed by atoms with Gasteiger partial charge in [-0.05, 0) is 17.7 Å². The molecule has 0 aliphatic rings. The van der Waals surface area contributed by atoms with Crippen molar-refractivity contribution in [2.45, 2.75) is 25.6 Å². The van der Waals surface area contributed by atoms with Gasteiger partial charge in [-0.3, -0.25) is 0 Å². The standard InChI is InChI=1S/C17H23NSi/c1-15(14-18-16-10-6-4-7-11-16)19(2,3)17-12-8-5-9-13-17/h4-13,15,18H,14H2,1-3H3. The van der Waals surface area contributed by atoms with Crippen molar-refractivity contribution in [2.24, 2.45) is 0 Å². The largest absolute Gasteiger partial charge is 0.385 e. The van der Waals surface area contributed by atoms with Gasteiger partial charge in [0.1, 0.15) is 0 Å². The fraction of sp³-hybridized carbons (Fsp3) is 0.294. The Hall–Kier alpha value is -1.54. The molecule has 0 spiro atoms. The van der Waals surface area contributed by atoms with E-state index >= 15 is 0 Å². The maximum Gasteiger partial charge on any atom is 0.0851 e. The minimum absolute atomic E-state index is 0.690. The Balaban J connectivity index is 2.01. The van der Waals surface area contributed by atoms with Gasteiger partial charge in [0.2, 0.25) is 0 Å². The Morgan fingerprint density at radius 2 is 1.42 bits per heavy atom. The highest BCUT2D eigenvalue weighted by Gasteiger charge is 2.29. The third-order valence-corrected chi connectivity index (χ3v) is 8.63. The van der Waals surface area contributed by atoms with Gasteiger partial charge in [0.25, 0.3) is 0 Å². The van der Waals surface area contributed by atoms with Gasteiger partial charge in [0.15, 0.2) is 0 Å². The van der Waals surface area contributed by atoms with Crippen LogP contribution in [-0.2, 0) is 0 Å². The van der Waals surface area contributed by atoms with E-state index in [0.717, 1.165) is 6.54 Å². The van der Waals surface area contributed by atoms with E-state index in [1.807, 2.05) is 0 Å². The predicted molar refractivity (Wildman–Crippen MR) is 87.9 cm³/mol. The molecule has 0 bridgehead atoms. The molecule has 1 unspecified atom stereocenters. The second-order valence-corrected chi connectivity index (χ2v) is 10.7. The summed E-state index contributed by atoms with van der Waals surface area (Å²) in [4.78, 5) is 0. The number of rotatable bonds is 5. The van der Waals surface area contributed by atoms with Gasteiger partial charge in [0, 0.05) is 12.2 Å². The van der Waals surface area contributed by atoms with Crippen molar-refractivity contribution >= 4 is 18.9 Å². The maximum absolute atomic E-state index is 3.56. The van der Waals surface area contributed by atoms with Crippen molar-refractivity contribution in [2.75, 3.05) is 11.9 Å². The Morgan fingerprint density at radius 3 is 2.00 bits per heavy atom. The molecule has 0 heterocycles. The Bertz CT molecular complexity index is 493. The number of benzene rings is 2. The van der Waals surface area contributed by atoms with Crippen LogP contribution in [0.3, 0.4) is 0 Å². The van der Waals surface area contributed by atoms with Crippen LogP contribution in [0, 0.1) is 0 Å². The topological polar surface area (TPSA) is 12.0 Å². The van der Waals surface area contributed by atoms with E-state index in [4.69, 9.17) is 0 Å². The zero-order valence-electron chi connectivity index (χ0n) is 12.1. The molecule has 2 heteroatoms. The van der Waals surface area contributed by atoms with Crippen LogP contribution < -0.4 is 10.5 Å². The highest BCUT2D eigenvalue weighted by molar-refractivity contribution is 6.91. The molecule has 1 nitrogen and oxygen atoms in total. The first kappa shape index (κ1) is 13.9. The van der Waals surface area contributed by atoms with Gasteiger partial charge in [-0.25, -0.2) is 0 Å². The Morgan fingerprint density at radius 1 is 0.895 bits per heavy atom. The quantitative estimate of drug-likeness (QED) is 0.806. The second kappa shape index (κ2) is 6.07. The van der Waals surface area contributed by atoms with Gasteiger partial charge < -0.3 is 5.32 Å². The number of anilines is 1. The van der Waals surface area contributed by atoms with E-state index in [2.05, 4.69) is 86.0 Å². The summed E-state index contributed by atoms with van der Waals surface area (Å²) in [7, 11) is -1.40. The zero-order chi connectivity index (χ0) is 13.7. The highest BCUT2D eigenvalue weighted by Crippen LogP contribution is 2.22. The third kappa shape index (κ3) is 3.48. The summed E-state index contributed by atoms with van der Waals surface area (Å²) in [5.74, 6) is 0. The Kier molecular flexibility index (Phi) is 4.43. The molecule has 0 saturated heterocycles. The summed E-state index contributed by atoms with van der Waals surface area (Å²) < 4.78 is 0. The number of nitrogens with one attached hydrogen (secondary N) is 1. The van der Waals surface area contributed by atoms with Crippen molar-refractivity contribution < 1.29 is 0 Å². The van der Waals surface area contributed by atoms with Crippen LogP contribution in [0.4, 0.5) is 5.69 Å². The number of hydrogen-bond donors (Lipinski definition) is 1. The second-order valence-electron chi connectivity index (χ2n) is 5.74. The number of hydrogen-bond acceptors (Lipinski definition) is 1. The summed E-state index contributed by atoms with van der Waals surface area (Å²) in [5, 5.41) is 5.09. The van der Waals surface area contributed by atoms with Crippen molar-refractivity contribution in [3.63, 3.8) is 0 Å². The monoisotopic (exact) mass is 269 g/mol. The maximum atomic E-state index is 3.56. The van der Waals surface area contributed by atoms with Crippen LogP contribution in [-0.4, -0.2) is 14.6 Å². The zero-order valence-corrected chi connectivity index (χ0v) is 13.1. The lowest BCUT2D eigenvalue weighted by atomic mass is 10.3. The van der Waals surface area contributed by atoms with Crippen LogP contribution in [0.5, 0.6) is 0 Å². The van der Waals surface area contributed by atoms with Crippen LogP contribution in [0.1, 0.15) is 6.92 Å². The SMILES string of the molecule is CC(CNc1ccccc1)[Si](C)(C)c1ccccc1. The fourth-order valence-corrected chi connectivity index (χ4v) is 4.47. The third-order valence-electron chi connectivity index (χ3n) is 4.14. The van der Waals surface area contributed by atoms with E-state index in [1.54, 1.807) is 0 Å². The molecule has 19 heavy (non-hydrogen) atoms. The lowest BCUT2D eigenvalue weighted by Crippen LogP contribution is -2.47. The molecule has 0 radical (unpaired) electrons. The predicted octanol–water partition coefficient (Wildman–Crippen LogP) is 4.10. The molecule has 1 atom stereocenters. The summed E-state index contributed by atoms with van der Waals surface area (Å²) in [6.45, 7) is 8.33. The molecule has 0 amide bonds. The van der Waals surface area contributed by atoms with Crippen LogP contribution >= 0.6 is 0 Å². The fourth-order valence-electron chi connectivity index (χ4n) is 2.23.